The van der Waals surface area contributed by atoms with Gasteiger partial charge in [0.15, 0.2) is 0 Å². The van der Waals surface area contributed by atoms with Gasteiger partial charge in [-0.05, 0) is 20.3 Å². The molecule has 0 saturated carbocycles. The molecule has 1 aromatic rings. The first-order valence-electron chi connectivity index (χ1n) is 7.24. The van der Waals surface area contributed by atoms with Crippen molar-refractivity contribution in [3.63, 3.8) is 0 Å². The number of β-amino-alcohol motifs (C(OH)–C–C–N with tert-alkyl or cyclic N) is 1. The Morgan fingerprint density at radius 3 is 3.00 bits per heavy atom. The fourth-order valence-electron chi connectivity index (χ4n) is 2.72. The first-order chi connectivity index (χ1) is 9.63. The number of aliphatic hydroxyl groups is 1. The lowest BCUT2D eigenvalue weighted by Gasteiger charge is -2.34. The summed E-state index contributed by atoms with van der Waals surface area (Å²) in [5, 5.41) is 16.7. The quantitative estimate of drug-likeness (QED) is 0.822. The number of aromatic nitrogens is 2. The standard InChI is InChI=1S/C13H22N4O3/c1-8(2)17-3-4-19-11(7-17)12-15-13(20-16-12)10-5-9(18)6-14-10/h8-11,14,18H,3-7H2,1-2H3/t9-,10-,11?/m0/s1. The molecule has 20 heavy (non-hydrogen) atoms. The van der Waals surface area contributed by atoms with Crippen molar-refractivity contribution >= 4 is 0 Å². The fraction of sp³-hybridized carbons (Fsp3) is 0.846. The van der Waals surface area contributed by atoms with Crippen LogP contribution in [0.1, 0.15) is 44.1 Å². The smallest absolute Gasteiger partial charge is 0.243 e. The van der Waals surface area contributed by atoms with Gasteiger partial charge in [0, 0.05) is 25.7 Å². The molecule has 0 amide bonds. The maximum atomic E-state index is 9.53. The molecule has 2 N–H and O–H groups in total. The van der Waals surface area contributed by atoms with Gasteiger partial charge in [-0.25, -0.2) is 0 Å². The van der Waals surface area contributed by atoms with Crippen molar-refractivity contribution in [2.24, 2.45) is 0 Å². The second-order valence-corrected chi connectivity index (χ2v) is 5.79. The summed E-state index contributed by atoms with van der Waals surface area (Å²) < 4.78 is 11.1. The predicted octanol–water partition coefficient (Wildman–Crippen LogP) is 0.247. The molecule has 2 aliphatic heterocycles. The normalized spacial score (nSPS) is 32.1. The third-order valence-electron chi connectivity index (χ3n) is 3.98. The van der Waals surface area contributed by atoms with Gasteiger partial charge in [0.25, 0.3) is 0 Å². The topological polar surface area (TPSA) is 83.7 Å². The molecule has 3 atom stereocenters. The number of aliphatic hydroxyl groups excluding tert-OH is 1. The Morgan fingerprint density at radius 1 is 1.45 bits per heavy atom. The summed E-state index contributed by atoms with van der Waals surface area (Å²) in [4.78, 5) is 6.79. The lowest BCUT2D eigenvalue weighted by molar-refractivity contribution is -0.0450. The van der Waals surface area contributed by atoms with Crippen LogP contribution in [-0.4, -0.2) is 58.5 Å². The second-order valence-electron chi connectivity index (χ2n) is 5.79. The van der Waals surface area contributed by atoms with Crippen LogP contribution >= 0.6 is 0 Å². The van der Waals surface area contributed by atoms with Crippen molar-refractivity contribution in [2.45, 2.75) is 44.6 Å². The molecule has 3 rings (SSSR count). The third kappa shape index (κ3) is 2.85. The summed E-state index contributed by atoms with van der Waals surface area (Å²) in [7, 11) is 0. The highest BCUT2D eigenvalue weighted by molar-refractivity contribution is 5.00. The Labute approximate surface area is 118 Å². The summed E-state index contributed by atoms with van der Waals surface area (Å²) >= 11 is 0. The van der Waals surface area contributed by atoms with E-state index >= 15 is 0 Å². The van der Waals surface area contributed by atoms with Crippen LogP contribution in [0, 0.1) is 0 Å². The Morgan fingerprint density at radius 2 is 2.30 bits per heavy atom. The Hall–Kier alpha value is -1.02. The molecule has 1 aromatic heterocycles. The van der Waals surface area contributed by atoms with Crippen LogP contribution in [0.2, 0.25) is 0 Å². The summed E-state index contributed by atoms with van der Waals surface area (Å²) in [5.41, 5.74) is 0. The second kappa shape index (κ2) is 5.77. The minimum absolute atomic E-state index is 0.0453. The molecule has 0 bridgehead atoms. The zero-order valence-corrected chi connectivity index (χ0v) is 12.0. The molecule has 2 aliphatic rings. The molecule has 0 aliphatic carbocycles. The molecule has 112 valence electrons. The van der Waals surface area contributed by atoms with E-state index in [0.717, 1.165) is 13.1 Å². The highest BCUT2D eigenvalue weighted by Gasteiger charge is 2.31. The first-order valence-corrected chi connectivity index (χ1v) is 7.24. The Kier molecular flexibility index (Phi) is 4.02. The van der Waals surface area contributed by atoms with Crippen LogP contribution in [0.3, 0.4) is 0 Å². The molecule has 7 nitrogen and oxygen atoms in total. The van der Waals surface area contributed by atoms with Crippen molar-refractivity contribution in [3.8, 4) is 0 Å². The molecule has 7 heteroatoms. The zero-order chi connectivity index (χ0) is 14.1. The van der Waals surface area contributed by atoms with E-state index in [4.69, 9.17) is 9.26 Å². The van der Waals surface area contributed by atoms with E-state index in [-0.39, 0.29) is 18.2 Å². The Balaban J connectivity index is 1.67. The summed E-state index contributed by atoms with van der Waals surface area (Å²) in [6, 6.07) is 0.440. The number of nitrogens with zero attached hydrogens (tertiary/aromatic N) is 3. The summed E-state index contributed by atoms with van der Waals surface area (Å²) in [6.07, 6.45) is 0.151. The SMILES string of the molecule is CC(C)N1CCOC(c2noc([C@@H]3C[C@H](O)CN3)n2)C1. The van der Waals surface area contributed by atoms with E-state index in [1.807, 2.05) is 0 Å². The minimum Gasteiger partial charge on any atom is -0.392 e. The van der Waals surface area contributed by atoms with E-state index in [1.54, 1.807) is 0 Å². The van der Waals surface area contributed by atoms with E-state index in [9.17, 15) is 5.11 Å². The number of ether oxygens (including phenoxy) is 1. The summed E-state index contributed by atoms with van der Waals surface area (Å²) in [5.74, 6) is 1.15. The largest absolute Gasteiger partial charge is 0.392 e. The third-order valence-corrected chi connectivity index (χ3v) is 3.98. The van der Waals surface area contributed by atoms with Gasteiger partial charge in [0.05, 0.1) is 18.8 Å². The molecule has 1 unspecified atom stereocenters. The maximum absolute atomic E-state index is 9.53. The van der Waals surface area contributed by atoms with Crippen LogP contribution < -0.4 is 5.32 Å². The average molecular weight is 282 g/mol. The van der Waals surface area contributed by atoms with Gasteiger partial charge in [-0.15, -0.1) is 0 Å². The van der Waals surface area contributed by atoms with Crippen molar-refractivity contribution in [1.82, 2.24) is 20.4 Å². The van der Waals surface area contributed by atoms with Gasteiger partial charge in [-0.1, -0.05) is 5.16 Å². The van der Waals surface area contributed by atoms with Crippen LogP contribution in [-0.2, 0) is 4.74 Å². The lowest BCUT2D eigenvalue weighted by atomic mass is 10.2. The van der Waals surface area contributed by atoms with Gasteiger partial charge < -0.3 is 19.7 Å². The Bertz CT molecular complexity index is 451. The molecule has 2 fully saturated rings. The van der Waals surface area contributed by atoms with E-state index in [2.05, 4.69) is 34.2 Å². The lowest BCUT2D eigenvalue weighted by Crippen LogP contribution is -2.42. The van der Waals surface area contributed by atoms with Crippen molar-refractivity contribution in [2.75, 3.05) is 26.2 Å². The highest BCUT2D eigenvalue weighted by Crippen LogP contribution is 2.25. The van der Waals surface area contributed by atoms with Crippen LogP contribution in [0.15, 0.2) is 4.52 Å². The van der Waals surface area contributed by atoms with E-state index < -0.39 is 0 Å². The monoisotopic (exact) mass is 282 g/mol. The minimum atomic E-state index is -0.335. The molecule has 0 spiro atoms. The first kappa shape index (κ1) is 13.9. The number of hydrogen-bond donors (Lipinski definition) is 2. The van der Waals surface area contributed by atoms with Crippen molar-refractivity contribution < 1.29 is 14.4 Å². The van der Waals surface area contributed by atoms with Gasteiger partial charge in [-0.2, -0.15) is 4.98 Å². The number of nitrogens with one attached hydrogen (secondary N) is 1. The molecular formula is C13H22N4O3. The van der Waals surface area contributed by atoms with Gasteiger partial charge in [0.1, 0.15) is 6.10 Å². The van der Waals surface area contributed by atoms with Gasteiger partial charge in [-0.3, -0.25) is 4.90 Å². The van der Waals surface area contributed by atoms with Crippen molar-refractivity contribution in [3.05, 3.63) is 11.7 Å². The van der Waals surface area contributed by atoms with E-state index in [0.29, 0.717) is 37.3 Å². The van der Waals surface area contributed by atoms with Gasteiger partial charge >= 0.3 is 0 Å². The van der Waals surface area contributed by atoms with Crippen LogP contribution in [0.4, 0.5) is 0 Å². The highest BCUT2D eigenvalue weighted by atomic mass is 16.5. The molecule has 2 saturated heterocycles. The molecule has 3 heterocycles. The molecule has 0 radical (unpaired) electrons. The number of hydrogen-bond acceptors (Lipinski definition) is 7. The van der Waals surface area contributed by atoms with Crippen molar-refractivity contribution in [1.29, 1.82) is 0 Å². The van der Waals surface area contributed by atoms with Crippen LogP contribution in [0.25, 0.3) is 0 Å². The van der Waals surface area contributed by atoms with Crippen LogP contribution in [0.5, 0.6) is 0 Å². The molecule has 0 aromatic carbocycles. The number of morpholine rings is 1. The zero-order valence-electron chi connectivity index (χ0n) is 12.0. The summed E-state index contributed by atoms with van der Waals surface area (Å²) in [6.45, 7) is 7.34. The van der Waals surface area contributed by atoms with E-state index in [1.165, 1.54) is 0 Å². The van der Waals surface area contributed by atoms with Gasteiger partial charge in [0.2, 0.25) is 11.7 Å². The average Bonchev–Trinajstić information content (AvgIpc) is 3.07. The predicted molar refractivity (Wildman–Crippen MR) is 71.1 cm³/mol. The maximum Gasteiger partial charge on any atom is 0.243 e. The molecular weight excluding hydrogens is 260 g/mol. The fourth-order valence-corrected chi connectivity index (χ4v) is 2.72. The number of rotatable bonds is 3.